The number of rotatable bonds is 2. The summed E-state index contributed by atoms with van der Waals surface area (Å²) in [5, 5.41) is 9.65. The van der Waals surface area contributed by atoms with Crippen LogP contribution < -0.4 is 16.6 Å². The lowest BCUT2D eigenvalue weighted by Crippen LogP contribution is -2.36. The molecule has 8 nitrogen and oxygen atoms in total. The number of carbonyl (C=O) groups is 1. The van der Waals surface area contributed by atoms with E-state index in [2.05, 4.69) is 15.5 Å². The second kappa shape index (κ2) is 5.87. The van der Waals surface area contributed by atoms with E-state index >= 15 is 0 Å². The summed E-state index contributed by atoms with van der Waals surface area (Å²) in [6.07, 6.45) is 5.46. The second-order valence-corrected chi connectivity index (χ2v) is 6.57. The molecule has 0 saturated heterocycles. The first-order chi connectivity index (χ1) is 12.1. The van der Waals surface area contributed by atoms with Gasteiger partial charge >= 0.3 is 5.69 Å². The molecule has 130 valence electrons. The monoisotopic (exact) mass is 341 g/mol. The molecule has 2 N–H and O–H groups in total. The lowest BCUT2D eigenvalue weighted by atomic mass is 9.95. The summed E-state index contributed by atoms with van der Waals surface area (Å²) in [6.45, 7) is 0. The topological polar surface area (TPSA) is 101 Å². The Morgan fingerprint density at radius 1 is 1.24 bits per heavy atom. The van der Waals surface area contributed by atoms with Gasteiger partial charge in [0.2, 0.25) is 5.78 Å². The molecular weight excluding hydrogens is 322 g/mol. The van der Waals surface area contributed by atoms with E-state index in [0.717, 1.165) is 25.7 Å². The van der Waals surface area contributed by atoms with Crippen LogP contribution in [-0.4, -0.2) is 31.1 Å². The fraction of sp³-hybridized carbons (Fsp3) is 0.412. The number of aryl methyl sites for hydroxylation is 1. The maximum atomic E-state index is 12.6. The molecule has 0 aliphatic heterocycles. The van der Waals surface area contributed by atoms with Crippen molar-refractivity contribution in [3.63, 3.8) is 0 Å². The highest BCUT2D eigenvalue weighted by Crippen LogP contribution is 2.19. The van der Waals surface area contributed by atoms with Gasteiger partial charge in [-0.3, -0.25) is 14.2 Å². The van der Waals surface area contributed by atoms with Crippen molar-refractivity contribution in [3.8, 4) is 0 Å². The zero-order valence-electron chi connectivity index (χ0n) is 13.9. The Hall–Kier alpha value is -2.90. The number of fused-ring (bicyclic) bond motifs is 3. The Morgan fingerprint density at radius 3 is 2.76 bits per heavy atom. The van der Waals surface area contributed by atoms with Crippen molar-refractivity contribution < 1.29 is 4.79 Å². The molecule has 0 radical (unpaired) electrons. The number of benzene rings is 1. The first-order valence-electron chi connectivity index (χ1n) is 8.47. The third kappa shape index (κ3) is 2.54. The molecule has 1 saturated carbocycles. The van der Waals surface area contributed by atoms with Crippen LogP contribution in [0.1, 0.15) is 42.5 Å². The number of amides is 1. The predicted molar refractivity (Wildman–Crippen MR) is 92.9 cm³/mol. The number of nitrogens with one attached hydrogen (secondary N) is 2. The van der Waals surface area contributed by atoms with Crippen LogP contribution in [0.15, 0.2) is 27.8 Å². The smallest absolute Gasteiger partial charge is 0.349 e. The van der Waals surface area contributed by atoms with E-state index in [9.17, 15) is 14.4 Å². The van der Waals surface area contributed by atoms with Crippen molar-refractivity contribution in [2.75, 3.05) is 0 Å². The van der Waals surface area contributed by atoms with Crippen LogP contribution in [0.5, 0.6) is 0 Å². The summed E-state index contributed by atoms with van der Waals surface area (Å²) in [5.74, 6) is 0.0338. The average Bonchev–Trinajstić information content (AvgIpc) is 3.02. The van der Waals surface area contributed by atoms with E-state index in [1.165, 1.54) is 15.4 Å². The molecule has 3 aromatic rings. The van der Waals surface area contributed by atoms with Crippen LogP contribution in [0.2, 0.25) is 0 Å². The van der Waals surface area contributed by atoms with Crippen molar-refractivity contribution in [3.05, 3.63) is 44.6 Å². The highest BCUT2D eigenvalue weighted by atomic mass is 16.2. The normalized spacial score (nSPS) is 15.7. The van der Waals surface area contributed by atoms with Gasteiger partial charge in [-0.25, -0.2) is 14.3 Å². The van der Waals surface area contributed by atoms with Gasteiger partial charge in [0, 0.05) is 18.7 Å². The molecule has 8 heteroatoms. The maximum absolute atomic E-state index is 12.6. The molecule has 1 amide bonds. The summed E-state index contributed by atoms with van der Waals surface area (Å²) < 4.78 is 2.62. The molecule has 1 aliphatic rings. The van der Waals surface area contributed by atoms with Crippen LogP contribution in [0.3, 0.4) is 0 Å². The largest absolute Gasteiger partial charge is 0.349 e. The molecule has 25 heavy (non-hydrogen) atoms. The molecule has 4 rings (SSSR count). The Bertz CT molecular complexity index is 1090. The number of nitrogens with zero attached hydrogens (tertiary/aromatic N) is 3. The molecular formula is C17H19N5O3. The quantitative estimate of drug-likeness (QED) is 0.724. The van der Waals surface area contributed by atoms with E-state index in [-0.39, 0.29) is 23.3 Å². The summed E-state index contributed by atoms with van der Waals surface area (Å²) in [7, 11) is 1.56. The van der Waals surface area contributed by atoms with Gasteiger partial charge in [0.1, 0.15) is 0 Å². The first kappa shape index (κ1) is 15.6. The fourth-order valence-electron chi connectivity index (χ4n) is 3.56. The summed E-state index contributed by atoms with van der Waals surface area (Å²) in [5.41, 5.74) is 0.107. The van der Waals surface area contributed by atoms with Crippen LogP contribution >= 0.6 is 0 Å². The van der Waals surface area contributed by atoms with Crippen molar-refractivity contribution in [1.82, 2.24) is 24.5 Å². The van der Waals surface area contributed by atoms with Crippen LogP contribution in [-0.2, 0) is 7.05 Å². The van der Waals surface area contributed by atoms with Crippen LogP contribution in [0, 0.1) is 0 Å². The minimum Gasteiger partial charge on any atom is -0.349 e. The zero-order chi connectivity index (χ0) is 17.6. The van der Waals surface area contributed by atoms with Gasteiger partial charge in [-0.15, -0.1) is 5.10 Å². The standard InChI is InChI=1S/C17H19N5O3/c1-21-15(24)12-8-7-10(14(23)18-11-5-3-2-4-6-11)9-13(12)22-16(21)19-20-17(22)25/h7-9,11H,2-6H2,1H3,(H,18,23)(H,20,25). The van der Waals surface area contributed by atoms with Gasteiger partial charge in [0.15, 0.2) is 0 Å². The minimum absolute atomic E-state index is 0.181. The van der Waals surface area contributed by atoms with Gasteiger partial charge < -0.3 is 5.32 Å². The summed E-state index contributed by atoms with van der Waals surface area (Å²) >= 11 is 0. The van der Waals surface area contributed by atoms with Crippen molar-refractivity contribution >= 4 is 22.6 Å². The van der Waals surface area contributed by atoms with Crippen LogP contribution in [0.4, 0.5) is 0 Å². The van der Waals surface area contributed by atoms with E-state index in [0.29, 0.717) is 16.5 Å². The Morgan fingerprint density at radius 2 is 2.00 bits per heavy atom. The lowest BCUT2D eigenvalue weighted by Gasteiger charge is -2.22. The third-order valence-corrected chi connectivity index (χ3v) is 4.93. The predicted octanol–water partition coefficient (Wildman–Crippen LogP) is 0.937. The number of aromatic nitrogens is 4. The number of H-pyrrole nitrogens is 1. The number of aromatic amines is 1. The minimum atomic E-state index is -0.444. The van der Waals surface area contributed by atoms with Crippen molar-refractivity contribution in [2.45, 2.75) is 38.1 Å². The maximum Gasteiger partial charge on any atom is 0.349 e. The number of hydrogen-bond donors (Lipinski definition) is 2. The third-order valence-electron chi connectivity index (χ3n) is 4.93. The van der Waals surface area contributed by atoms with Gasteiger partial charge in [0.25, 0.3) is 11.5 Å². The Balaban J connectivity index is 1.82. The van der Waals surface area contributed by atoms with E-state index < -0.39 is 5.69 Å². The van der Waals surface area contributed by atoms with Crippen molar-refractivity contribution in [1.29, 1.82) is 0 Å². The van der Waals surface area contributed by atoms with Gasteiger partial charge in [-0.1, -0.05) is 19.3 Å². The van der Waals surface area contributed by atoms with E-state index in [1.54, 1.807) is 25.2 Å². The lowest BCUT2D eigenvalue weighted by molar-refractivity contribution is 0.0928. The molecule has 0 bridgehead atoms. The van der Waals surface area contributed by atoms with Gasteiger partial charge in [-0.2, -0.15) is 0 Å². The molecule has 2 aromatic heterocycles. The summed E-state index contributed by atoms with van der Waals surface area (Å²) in [4.78, 5) is 37.1. The molecule has 1 fully saturated rings. The SMILES string of the molecule is Cn1c(=O)c2ccc(C(=O)NC3CCCCC3)cc2n2c(=O)[nH]nc12. The molecule has 0 spiro atoms. The van der Waals surface area contributed by atoms with Gasteiger partial charge in [-0.05, 0) is 31.0 Å². The number of carbonyl (C=O) groups excluding carboxylic acids is 1. The Kier molecular flexibility index (Phi) is 3.67. The average molecular weight is 341 g/mol. The molecule has 0 atom stereocenters. The molecule has 1 aromatic carbocycles. The van der Waals surface area contributed by atoms with Crippen LogP contribution in [0.25, 0.3) is 16.7 Å². The Labute approximate surface area is 142 Å². The molecule has 1 aliphatic carbocycles. The van der Waals surface area contributed by atoms with E-state index in [1.807, 2.05) is 0 Å². The number of hydrogen-bond acceptors (Lipinski definition) is 4. The zero-order valence-corrected chi connectivity index (χ0v) is 13.9. The highest BCUT2D eigenvalue weighted by molar-refractivity contribution is 5.98. The fourth-order valence-corrected chi connectivity index (χ4v) is 3.56. The molecule has 0 unspecified atom stereocenters. The van der Waals surface area contributed by atoms with E-state index in [4.69, 9.17) is 0 Å². The van der Waals surface area contributed by atoms with Gasteiger partial charge in [0.05, 0.1) is 10.9 Å². The van der Waals surface area contributed by atoms with Crippen molar-refractivity contribution in [2.24, 2.45) is 7.05 Å². The summed E-state index contributed by atoms with van der Waals surface area (Å²) in [6, 6.07) is 4.99. The highest BCUT2D eigenvalue weighted by Gasteiger charge is 2.18. The molecule has 2 heterocycles. The second-order valence-electron chi connectivity index (χ2n) is 6.57. The first-order valence-corrected chi connectivity index (χ1v) is 8.47.